The molecule has 0 amide bonds. The Kier molecular flexibility index (Phi) is 5.33. The molecule has 4 aromatic rings. The Morgan fingerprint density at radius 1 is 1.20 bits per heavy atom. The molecule has 0 radical (unpaired) electrons. The van der Waals surface area contributed by atoms with Crippen LogP contribution in [0.2, 0.25) is 0 Å². The highest BCUT2D eigenvalue weighted by Gasteiger charge is 2.18. The molecule has 0 saturated heterocycles. The first-order chi connectivity index (χ1) is 14.3. The fraction of sp³-hybridized carbons (Fsp3) is 0.158. The van der Waals surface area contributed by atoms with Crippen molar-refractivity contribution in [3.63, 3.8) is 0 Å². The molecule has 0 atom stereocenters. The lowest BCUT2D eigenvalue weighted by atomic mass is 10.1. The summed E-state index contributed by atoms with van der Waals surface area (Å²) in [5, 5.41) is 17.3. The molecule has 0 unspecified atom stereocenters. The number of hydrogen-bond donors (Lipinski definition) is 1. The van der Waals surface area contributed by atoms with Crippen molar-refractivity contribution in [1.29, 1.82) is 0 Å². The van der Waals surface area contributed by atoms with Crippen LogP contribution in [0.1, 0.15) is 11.3 Å². The number of nitrogens with one attached hydrogen (secondary N) is 1. The molecule has 11 heteroatoms. The van der Waals surface area contributed by atoms with Crippen molar-refractivity contribution in [2.45, 2.75) is 18.2 Å². The van der Waals surface area contributed by atoms with Gasteiger partial charge in [0, 0.05) is 36.0 Å². The van der Waals surface area contributed by atoms with Crippen LogP contribution in [-0.4, -0.2) is 34.5 Å². The van der Waals surface area contributed by atoms with Crippen LogP contribution >= 0.6 is 11.3 Å². The first-order valence-electron chi connectivity index (χ1n) is 8.98. The highest BCUT2D eigenvalue weighted by atomic mass is 32.2. The molecule has 0 aliphatic rings. The van der Waals surface area contributed by atoms with E-state index in [4.69, 9.17) is 0 Å². The lowest BCUT2D eigenvalue weighted by Gasteiger charge is -2.06. The number of fused-ring (bicyclic) bond motifs is 1. The molecule has 2 aromatic heterocycles. The van der Waals surface area contributed by atoms with Gasteiger partial charge in [-0.2, -0.15) is 4.98 Å². The summed E-state index contributed by atoms with van der Waals surface area (Å²) >= 11 is 1.43. The molecule has 154 valence electrons. The van der Waals surface area contributed by atoms with Gasteiger partial charge in [0.15, 0.2) is 5.82 Å². The van der Waals surface area contributed by atoms with E-state index in [2.05, 4.69) is 14.8 Å². The van der Waals surface area contributed by atoms with Crippen LogP contribution in [0.4, 0.5) is 5.69 Å². The minimum Gasteiger partial charge on any atom is -0.258 e. The first kappa shape index (κ1) is 20.1. The van der Waals surface area contributed by atoms with Crippen molar-refractivity contribution >= 4 is 32.0 Å². The zero-order valence-corrected chi connectivity index (χ0v) is 17.5. The first-order valence-corrected chi connectivity index (χ1v) is 11.3. The molecular formula is C19H17N5O4S2. The standard InChI is InChI=1S/C19H17N5O4S2/c1-13-5-2-3-8-17(13)18-21-19-23(22-18)15(12-29-19)9-10-20-30(27,28)16-7-4-6-14(11-16)24(25)26/h2-8,11-12,20H,9-10H2,1H3. The summed E-state index contributed by atoms with van der Waals surface area (Å²) in [7, 11) is -3.86. The molecule has 0 aliphatic carbocycles. The van der Waals surface area contributed by atoms with Gasteiger partial charge in [-0.25, -0.2) is 17.7 Å². The van der Waals surface area contributed by atoms with E-state index >= 15 is 0 Å². The van der Waals surface area contributed by atoms with Gasteiger partial charge in [-0.05, 0) is 18.6 Å². The van der Waals surface area contributed by atoms with Gasteiger partial charge < -0.3 is 0 Å². The van der Waals surface area contributed by atoms with Crippen LogP contribution in [0.3, 0.4) is 0 Å². The quantitative estimate of drug-likeness (QED) is 0.346. The maximum atomic E-state index is 12.5. The second-order valence-electron chi connectivity index (χ2n) is 6.57. The average Bonchev–Trinajstić information content (AvgIpc) is 3.30. The predicted octanol–water partition coefficient (Wildman–Crippen LogP) is 3.20. The predicted molar refractivity (Wildman–Crippen MR) is 113 cm³/mol. The molecule has 0 fully saturated rings. The number of hydrogen-bond acceptors (Lipinski definition) is 7. The number of aryl methyl sites for hydroxylation is 1. The van der Waals surface area contributed by atoms with Gasteiger partial charge in [0.2, 0.25) is 15.0 Å². The van der Waals surface area contributed by atoms with Crippen LogP contribution in [-0.2, 0) is 16.4 Å². The zero-order valence-electron chi connectivity index (χ0n) is 15.8. The molecule has 0 aliphatic heterocycles. The van der Waals surface area contributed by atoms with Crippen molar-refractivity contribution < 1.29 is 13.3 Å². The van der Waals surface area contributed by atoms with E-state index in [1.54, 1.807) is 4.52 Å². The smallest absolute Gasteiger partial charge is 0.258 e. The number of nitro benzene ring substituents is 1. The number of nitrogens with zero attached hydrogens (tertiary/aromatic N) is 4. The van der Waals surface area contributed by atoms with Crippen LogP contribution < -0.4 is 4.72 Å². The van der Waals surface area contributed by atoms with Gasteiger partial charge in [0.1, 0.15) is 0 Å². The largest absolute Gasteiger partial charge is 0.270 e. The topological polar surface area (TPSA) is 120 Å². The van der Waals surface area contributed by atoms with E-state index in [0.29, 0.717) is 12.2 Å². The van der Waals surface area contributed by atoms with Gasteiger partial charge in [-0.3, -0.25) is 10.1 Å². The Bertz CT molecular complexity index is 1340. The number of aromatic nitrogens is 3. The molecule has 4 rings (SSSR count). The van der Waals surface area contributed by atoms with Crippen molar-refractivity contribution in [1.82, 2.24) is 19.3 Å². The summed E-state index contributed by atoms with van der Waals surface area (Å²) in [6, 6.07) is 12.8. The van der Waals surface area contributed by atoms with Gasteiger partial charge in [-0.15, -0.1) is 16.4 Å². The summed E-state index contributed by atoms with van der Waals surface area (Å²) in [6.45, 7) is 2.12. The SMILES string of the molecule is Cc1ccccc1-c1nc2scc(CCNS(=O)(=O)c3cccc([N+](=O)[O-])c3)n2n1. The van der Waals surface area contributed by atoms with Crippen LogP contribution in [0.5, 0.6) is 0 Å². The number of sulfonamides is 1. The third-order valence-corrected chi connectivity index (χ3v) is 6.87. The maximum absolute atomic E-state index is 12.5. The van der Waals surface area contributed by atoms with Gasteiger partial charge in [-0.1, -0.05) is 30.3 Å². The lowest BCUT2D eigenvalue weighted by molar-refractivity contribution is -0.385. The monoisotopic (exact) mass is 443 g/mol. The van der Waals surface area contributed by atoms with Crippen molar-refractivity contribution in [2.24, 2.45) is 0 Å². The third kappa shape index (κ3) is 3.95. The van der Waals surface area contributed by atoms with E-state index in [0.717, 1.165) is 27.8 Å². The third-order valence-electron chi connectivity index (χ3n) is 4.55. The molecule has 0 saturated carbocycles. The van der Waals surface area contributed by atoms with Crippen molar-refractivity contribution in [3.8, 4) is 11.4 Å². The van der Waals surface area contributed by atoms with Gasteiger partial charge in [0.05, 0.1) is 15.5 Å². The minimum atomic E-state index is -3.86. The molecule has 0 spiro atoms. The Hall–Kier alpha value is -3.15. The summed E-state index contributed by atoms with van der Waals surface area (Å²) in [6.07, 6.45) is 0.394. The summed E-state index contributed by atoms with van der Waals surface area (Å²) in [4.78, 5) is 15.4. The lowest BCUT2D eigenvalue weighted by Crippen LogP contribution is -2.26. The number of nitro groups is 1. The van der Waals surface area contributed by atoms with Crippen molar-refractivity contribution in [3.05, 3.63) is 75.3 Å². The Balaban J connectivity index is 1.50. The number of benzene rings is 2. The van der Waals surface area contributed by atoms with Crippen LogP contribution in [0.15, 0.2) is 58.8 Å². The Labute approximate surface area is 176 Å². The minimum absolute atomic E-state index is 0.121. The number of rotatable bonds is 7. The molecule has 2 heterocycles. The van der Waals surface area contributed by atoms with Gasteiger partial charge >= 0.3 is 0 Å². The molecule has 2 aromatic carbocycles. The molecule has 0 bridgehead atoms. The second kappa shape index (κ2) is 7.94. The molecular weight excluding hydrogens is 426 g/mol. The van der Waals surface area contributed by atoms with E-state index in [1.807, 2.05) is 36.6 Å². The van der Waals surface area contributed by atoms with E-state index in [1.165, 1.54) is 29.5 Å². The van der Waals surface area contributed by atoms with E-state index in [9.17, 15) is 18.5 Å². The normalized spacial score (nSPS) is 11.8. The molecule has 30 heavy (non-hydrogen) atoms. The van der Waals surface area contributed by atoms with E-state index < -0.39 is 14.9 Å². The highest BCUT2D eigenvalue weighted by Crippen LogP contribution is 2.23. The number of thiazole rings is 1. The van der Waals surface area contributed by atoms with E-state index in [-0.39, 0.29) is 17.1 Å². The maximum Gasteiger partial charge on any atom is 0.270 e. The Morgan fingerprint density at radius 3 is 2.77 bits per heavy atom. The highest BCUT2D eigenvalue weighted by molar-refractivity contribution is 7.89. The molecule has 1 N–H and O–H groups in total. The van der Waals surface area contributed by atoms with Gasteiger partial charge in [0.25, 0.3) is 5.69 Å². The second-order valence-corrected chi connectivity index (χ2v) is 9.18. The van der Waals surface area contributed by atoms with Crippen LogP contribution in [0.25, 0.3) is 16.3 Å². The Morgan fingerprint density at radius 2 is 2.00 bits per heavy atom. The average molecular weight is 444 g/mol. The van der Waals surface area contributed by atoms with Crippen molar-refractivity contribution in [2.75, 3.05) is 6.54 Å². The van der Waals surface area contributed by atoms with Crippen LogP contribution in [0, 0.1) is 17.0 Å². The fourth-order valence-corrected chi connectivity index (χ4v) is 4.92. The number of non-ortho nitro benzene ring substituents is 1. The fourth-order valence-electron chi connectivity index (χ4n) is 3.00. The zero-order chi connectivity index (χ0) is 21.3. The molecule has 9 nitrogen and oxygen atoms in total. The summed E-state index contributed by atoms with van der Waals surface area (Å²) in [5.74, 6) is 0.623. The summed E-state index contributed by atoms with van der Waals surface area (Å²) < 4.78 is 29.1. The summed E-state index contributed by atoms with van der Waals surface area (Å²) in [5.41, 5.74) is 2.57.